The van der Waals surface area contributed by atoms with Crippen molar-refractivity contribution >= 4 is 29.0 Å². The monoisotopic (exact) mass is 308 g/mol. The van der Waals surface area contributed by atoms with Gasteiger partial charge in [-0.3, -0.25) is 4.79 Å². The molecule has 1 amide bonds. The maximum atomic E-state index is 11.9. The predicted octanol–water partition coefficient (Wildman–Crippen LogP) is 3.21. The van der Waals surface area contributed by atoms with E-state index in [1.807, 2.05) is 36.9 Å². The van der Waals surface area contributed by atoms with Gasteiger partial charge >= 0.3 is 0 Å². The summed E-state index contributed by atoms with van der Waals surface area (Å²) in [6.07, 6.45) is 4.24. The number of hydrogen-bond acceptors (Lipinski definition) is 4. The molecule has 2 rings (SSSR count). The minimum absolute atomic E-state index is 0.0569. The second kappa shape index (κ2) is 8.29. The molecule has 0 radical (unpaired) electrons. The number of nitrogens with two attached hydrogens (primary N) is 1. The summed E-state index contributed by atoms with van der Waals surface area (Å²) in [5.41, 5.74) is 8.28. The van der Waals surface area contributed by atoms with Crippen LogP contribution in [0.5, 0.6) is 0 Å². The van der Waals surface area contributed by atoms with Crippen LogP contribution in [0.3, 0.4) is 0 Å². The van der Waals surface area contributed by atoms with Crippen molar-refractivity contribution in [2.75, 3.05) is 29.2 Å². The lowest BCUT2D eigenvalue weighted by Crippen LogP contribution is -2.13. The predicted molar refractivity (Wildman–Crippen MR) is 89.8 cm³/mol. The van der Waals surface area contributed by atoms with E-state index in [4.69, 9.17) is 10.5 Å². The molecule has 1 fully saturated rings. The van der Waals surface area contributed by atoms with E-state index in [9.17, 15) is 4.79 Å². The number of nitrogen functional groups attached to an aromatic ring is 1. The highest BCUT2D eigenvalue weighted by molar-refractivity contribution is 7.99. The quantitative estimate of drug-likeness (QED) is 0.600. The molecule has 1 unspecified atom stereocenters. The van der Waals surface area contributed by atoms with E-state index < -0.39 is 0 Å². The highest BCUT2D eigenvalue weighted by atomic mass is 32.2. The van der Waals surface area contributed by atoms with Crippen LogP contribution in [0.1, 0.15) is 31.2 Å². The number of rotatable bonds is 7. The zero-order chi connectivity index (χ0) is 15.1. The maximum Gasteiger partial charge on any atom is 0.224 e. The van der Waals surface area contributed by atoms with Crippen LogP contribution in [0, 0.1) is 6.92 Å². The first kappa shape index (κ1) is 16.2. The molecular formula is C16H24N2O2S. The van der Waals surface area contributed by atoms with Crippen molar-refractivity contribution in [1.29, 1.82) is 0 Å². The van der Waals surface area contributed by atoms with Gasteiger partial charge < -0.3 is 15.8 Å². The average molecular weight is 308 g/mol. The molecule has 1 saturated heterocycles. The Morgan fingerprint density at radius 1 is 1.52 bits per heavy atom. The molecular weight excluding hydrogens is 284 g/mol. The number of hydrogen-bond donors (Lipinski definition) is 2. The number of carbonyl (C=O) groups is 1. The molecule has 1 heterocycles. The fraction of sp³-hybridized carbons (Fsp3) is 0.562. The summed E-state index contributed by atoms with van der Waals surface area (Å²) in [4.78, 5) is 11.9. The first-order chi connectivity index (χ1) is 10.2. The molecule has 3 N–H and O–H groups in total. The molecule has 1 aromatic rings. The number of carbonyl (C=O) groups excluding carboxylic acids is 1. The van der Waals surface area contributed by atoms with Crippen LogP contribution in [-0.2, 0) is 9.53 Å². The number of anilines is 2. The van der Waals surface area contributed by atoms with Gasteiger partial charge in [0.25, 0.3) is 0 Å². The first-order valence-corrected chi connectivity index (χ1v) is 8.66. The molecule has 1 aliphatic heterocycles. The topological polar surface area (TPSA) is 64.3 Å². The zero-order valence-corrected chi connectivity index (χ0v) is 13.4. The molecule has 0 saturated carbocycles. The van der Waals surface area contributed by atoms with Gasteiger partial charge in [0.05, 0.1) is 6.10 Å². The Bertz CT molecular complexity index is 473. The Balaban J connectivity index is 1.62. The van der Waals surface area contributed by atoms with Gasteiger partial charge in [-0.25, -0.2) is 0 Å². The summed E-state index contributed by atoms with van der Waals surface area (Å²) in [5.74, 6) is 2.11. The van der Waals surface area contributed by atoms with Crippen LogP contribution in [0.25, 0.3) is 0 Å². The van der Waals surface area contributed by atoms with Gasteiger partial charge in [-0.1, -0.05) is 6.07 Å². The Morgan fingerprint density at radius 3 is 3.14 bits per heavy atom. The summed E-state index contributed by atoms with van der Waals surface area (Å²) < 4.78 is 5.57. The SMILES string of the molecule is Cc1c(N)cccc1NC(=O)CCCSCC1CCCO1. The normalized spacial score (nSPS) is 17.9. The van der Waals surface area contributed by atoms with Gasteiger partial charge in [0.1, 0.15) is 0 Å². The molecule has 0 spiro atoms. The molecule has 5 heteroatoms. The summed E-state index contributed by atoms with van der Waals surface area (Å²) in [5, 5.41) is 2.93. The average Bonchev–Trinajstić information content (AvgIpc) is 2.97. The van der Waals surface area contributed by atoms with Gasteiger partial charge in [-0.15, -0.1) is 0 Å². The van der Waals surface area contributed by atoms with Crippen LogP contribution >= 0.6 is 11.8 Å². The van der Waals surface area contributed by atoms with E-state index in [1.165, 1.54) is 12.8 Å². The van der Waals surface area contributed by atoms with Crippen molar-refractivity contribution in [3.63, 3.8) is 0 Å². The lowest BCUT2D eigenvalue weighted by atomic mass is 10.1. The summed E-state index contributed by atoms with van der Waals surface area (Å²) >= 11 is 1.88. The van der Waals surface area contributed by atoms with Crippen LogP contribution in [0.4, 0.5) is 11.4 Å². The minimum Gasteiger partial charge on any atom is -0.398 e. The Kier molecular flexibility index (Phi) is 6.39. The summed E-state index contributed by atoms with van der Waals surface area (Å²) in [6.45, 7) is 2.83. The fourth-order valence-electron chi connectivity index (χ4n) is 2.33. The molecule has 4 nitrogen and oxygen atoms in total. The number of thioether (sulfide) groups is 1. The highest BCUT2D eigenvalue weighted by Gasteiger charge is 2.14. The molecule has 21 heavy (non-hydrogen) atoms. The van der Waals surface area contributed by atoms with Gasteiger partial charge in [-0.05, 0) is 49.6 Å². The lowest BCUT2D eigenvalue weighted by Gasteiger charge is -2.10. The van der Waals surface area contributed by atoms with Crippen molar-refractivity contribution in [2.24, 2.45) is 0 Å². The van der Waals surface area contributed by atoms with E-state index in [2.05, 4.69) is 5.32 Å². The molecule has 1 aliphatic rings. The van der Waals surface area contributed by atoms with Crippen LogP contribution in [0.15, 0.2) is 18.2 Å². The number of ether oxygens (including phenoxy) is 1. The van der Waals surface area contributed by atoms with Gasteiger partial charge in [0, 0.05) is 30.2 Å². The largest absolute Gasteiger partial charge is 0.398 e. The van der Waals surface area contributed by atoms with E-state index in [-0.39, 0.29) is 5.91 Å². The Labute approximate surface area is 130 Å². The highest BCUT2D eigenvalue weighted by Crippen LogP contribution is 2.21. The third-order valence-electron chi connectivity index (χ3n) is 3.67. The van der Waals surface area contributed by atoms with Gasteiger partial charge in [-0.2, -0.15) is 11.8 Å². The number of amides is 1. The Morgan fingerprint density at radius 2 is 2.38 bits per heavy atom. The molecule has 0 bridgehead atoms. The van der Waals surface area contributed by atoms with E-state index >= 15 is 0 Å². The van der Waals surface area contributed by atoms with Crippen molar-refractivity contribution in [1.82, 2.24) is 0 Å². The standard InChI is InChI=1S/C16H24N2O2S/c1-12-14(17)6-2-7-15(12)18-16(19)8-4-10-21-11-13-5-3-9-20-13/h2,6-7,13H,3-5,8-11,17H2,1H3,(H,18,19). The first-order valence-electron chi connectivity index (χ1n) is 7.51. The van der Waals surface area contributed by atoms with E-state index in [1.54, 1.807) is 0 Å². The second-order valence-corrected chi connectivity index (χ2v) is 6.53. The van der Waals surface area contributed by atoms with E-state index in [0.717, 1.165) is 35.8 Å². The van der Waals surface area contributed by atoms with Crippen LogP contribution in [-0.4, -0.2) is 30.1 Å². The third-order valence-corrected chi connectivity index (χ3v) is 4.85. The van der Waals surface area contributed by atoms with Crippen molar-refractivity contribution < 1.29 is 9.53 Å². The maximum absolute atomic E-state index is 11.9. The molecule has 0 aromatic heterocycles. The number of benzene rings is 1. The van der Waals surface area contributed by atoms with E-state index in [0.29, 0.717) is 18.2 Å². The summed E-state index contributed by atoms with van der Waals surface area (Å²) in [6, 6.07) is 5.58. The molecule has 1 aromatic carbocycles. The van der Waals surface area contributed by atoms with Crippen LogP contribution in [0.2, 0.25) is 0 Å². The second-order valence-electron chi connectivity index (χ2n) is 5.38. The van der Waals surface area contributed by atoms with Crippen molar-refractivity contribution in [3.05, 3.63) is 23.8 Å². The zero-order valence-electron chi connectivity index (χ0n) is 12.6. The summed E-state index contributed by atoms with van der Waals surface area (Å²) in [7, 11) is 0. The van der Waals surface area contributed by atoms with Crippen molar-refractivity contribution in [3.8, 4) is 0 Å². The Hall–Kier alpha value is -1.20. The van der Waals surface area contributed by atoms with Crippen molar-refractivity contribution in [2.45, 2.75) is 38.7 Å². The fourth-order valence-corrected chi connectivity index (χ4v) is 3.37. The molecule has 0 aliphatic carbocycles. The van der Waals surface area contributed by atoms with Crippen LogP contribution < -0.4 is 11.1 Å². The third kappa shape index (κ3) is 5.25. The van der Waals surface area contributed by atoms with Gasteiger partial charge in [0.2, 0.25) is 5.91 Å². The van der Waals surface area contributed by atoms with Gasteiger partial charge in [0.15, 0.2) is 0 Å². The lowest BCUT2D eigenvalue weighted by molar-refractivity contribution is -0.116. The number of nitrogens with one attached hydrogen (secondary N) is 1. The minimum atomic E-state index is 0.0569. The molecule has 1 atom stereocenters. The smallest absolute Gasteiger partial charge is 0.224 e. The molecule has 116 valence electrons.